The first kappa shape index (κ1) is 11.4. The first-order chi connectivity index (χ1) is 5.81. The number of benzene rings is 1. The van der Waals surface area contributed by atoms with Gasteiger partial charge in [-0.15, -0.1) is 0 Å². The van der Waals surface area contributed by atoms with Gasteiger partial charge in [-0.25, -0.2) is 0 Å². The zero-order chi connectivity index (χ0) is 9.23. The van der Waals surface area contributed by atoms with E-state index in [1.165, 1.54) is 14.2 Å². The van der Waals surface area contributed by atoms with Gasteiger partial charge < -0.3 is 9.05 Å². The Kier molecular flexibility index (Phi) is 8.02. The predicted octanol–water partition coefficient (Wildman–Crippen LogP) is 2.36. The second-order valence-electron chi connectivity index (χ2n) is 1.81. The van der Waals surface area contributed by atoms with Crippen LogP contribution in [0.2, 0.25) is 0 Å². The lowest BCUT2D eigenvalue weighted by molar-refractivity contribution is 0.302. The normalized spacial score (nSPS) is 8.92. The van der Waals surface area contributed by atoms with Gasteiger partial charge in [-0.1, -0.05) is 36.4 Å². The van der Waals surface area contributed by atoms with E-state index in [2.05, 4.69) is 9.05 Å². The van der Waals surface area contributed by atoms with Crippen molar-refractivity contribution in [3.8, 4) is 0 Å². The molecular formula is C8H13O3P. The summed E-state index contributed by atoms with van der Waals surface area (Å²) in [5.41, 5.74) is 0. The van der Waals surface area contributed by atoms with Crippen LogP contribution in [0.5, 0.6) is 0 Å². The Bertz CT molecular complexity index is 168. The molecule has 0 amide bonds. The van der Waals surface area contributed by atoms with Gasteiger partial charge >= 0.3 is 8.25 Å². The average Bonchev–Trinajstić information content (AvgIpc) is 2.20. The number of rotatable bonds is 2. The molecule has 0 fully saturated rings. The molecule has 0 bridgehead atoms. The van der Waals surface area contributed by atoms with Crippen LogP contribution in [0.4, 0.5) is 0 Å². The molecule has 0 heterocycles. The molecule has 68 valence electrons. The molecule has 0 aliphatic carbocycles. The van der Waals surface area contributed by atoms with Crippen molar-refractivity contribution in [2.24, 2.45) is 0 Å². The second-order valence-corrected chi connectivity index (χ2v) is 3.13. The van der Waals surface area contributed by atoms with Crippen molar-refractivity contribution in [2.45, 2.75) is 0 Å². The van der Waals surface area contributed by atoms with Gasteiger partial charge in [-0.05, 0) is 0 Å². The summed E-state index contributed by atoms with van der Waals surface area (Å²) in [6.07, 6.45) is 0. The van der Waals surface area contributed by atoms with E-state index in [-0.39, 0.29) is 0 Å². The maximum Gasteiger partial charge on any atom is 0.318 e. The second kappa shape index (κ2) is 8.47. The fourth-order valence-corrected chi connectivity index (χ4v) is 0.635. The molecule has 0 radical (unpaired) electrons. The summed E-state index contributed by atoms with van der Waals surface area (Å²) in [7, 11) is 0.558. The van der Waals surface area contributed by atoms with Crippen LogP contribution in [-0.2, 0) is 13.6 Å². The average molecular weight is 188 g/mol. The molecule has 0 unspecified atom stereocenters. The van der Waals surface area contributed by atoms with E-state index in [9.17, 15) is 4.57 Å². The molecule has 1 aromatic carbocycles. The topological polar surface area (TPSA) is 35.5 Å². The smallest absolute Gasteiger partial charge is 0.314 e. The molecule has 0 spiro atoms. The van der Waals surface area contributed by atoms with Gasteiger partial charge in [0.25, 0.3) is 0 Å². The minimum atomic E-state index is -2.12. The number of hydrogen-bond donors (Lipinski definition) is 0. The molecule has 0 saturated heterocycles. The third kappa shape index (κ3) is 7.48. The summed E-state index contributed by atoms with van der Waals surface area (Å²) < 4.78 is 18.4. The number of hydrogen-bond acceptors (Lipinski definition) is 3. The summed E-state index contributed by atoms with van der Waals surface area (Å²) in [6, 6.07) is 12.0. The molecule has 0 aromatic heterocycles. The van der Waals surface area contributed by atoms with Gasteiger partial charge in [-0.2, -0.15) is 0 Å². The fourth-order valence-electron chi connectivity index (χ4n) is 0.468. The summed E-state index contributed by atoms with van der Waals surface area (Å²) in [5.74, 6) is 0. The monoisotopic (exact) mass is 188 g/mol. The molecule has 0 aliphatic rings. The molecular weight excluding hydrogens is 175 g/mol. The lowest BCUT2D eigenvalue weighted by atomic mass is 10.4. The SMILES string of the molecule is CO[PH](=O)OC.c1ccccc1. The fraction of sp³-hybridized carbons (Fsp3) is 0.250. The first-order valence-electron chi connectivity index (χ1n) is 3.43. The molecule has 4 heteroatoms. The highest BCUT2D eigenvalue weighted by atomic mass is 31.1. The van der Waals surface area contributed by atoms with E-state index in [1.807, 2.05) is 36.4 Å². The van der Waals surface area contributed by atoms with Crippen LogP contribution in [0.15, 0.2) is 36.4 Å². The molecule has 0 aliphatic heterocycles. The van der Waals surface area contributed by atoms with Crippen molar-refractivity contribution in [1.82, 2.24) is 0 Å². The highest BCUT2D eigenvalue weighted by molar-refractivity contribution is 7.33. The minimum absolute atomic E-state index is 1.34. The van der Waals surface area contributed by atoms with Crippen molar-refractivity contribution < 1.29 is 13.6 Å². The Morgan fingerprint density at radius 2 is 1.08 bits per heavy atom. The van der Waals surface area contributed by atoms with Gasteiger partial charge in [0.1, 0.15) is 0 Å². The van der Waals surface area contributed by atoms with Gasteiger partial charge in [0.2, 0.25) is 0 Å². The van der Waals surface area contributed by atoms with Crippen LogP contribution < -0.4 is 0 Å². The molecule has 0 N–H and O–H groups in total. The van der Waals surface area contributed by atoms with Crippen LogP contribution in [0.3, 0.4) is 0 Å². The van der Waals surface area contributed by atoms with Gasteiger partial charge in [-0.3, -0.25) is 4.57 Å². The van der Waals surface area contributed by atoms with E-state index in [0.717, 1.165) is 0 Å². The highest BCUT2D eigenvalue weighted by Gasteiger charge is 1.83. The van der Waals surface area contributed by atoms with E-state index < -0.39 is 8.25 Å². The molecule has 3 nitrogen and oxygen atoms in total. The standard InChI is InChI=1S/C6H6.C2H7O3P/c1-2-4-6-5-3-1;1-4-6(3)5-2/h1-6H;6H,1-2H3. The summed E-state index contributed by atoms with van der Waals surface area (Å²) >= 11 is 0. The largest absolute Gasteiger partial charge is 0.318 e. The van der Waals surface area contributed by atoms with Crippen LogP contribution in [0, 0.1) is 0 Å². The van der Waals surface area contributed by atoms with Crippen molar-refractivity contribution in [2.75, 3.05) is 14.2 Å². The summed E-state index contributed by atoms with van der Waals surface area (Å²) in [6.45, 7) is 0. The molecule has 0 atom stereocenters. The van der Waals surface area contributed by atoms with Crippen molar-refractivity contribution in [3.63, 3.8) is 0 Å². The quantitative estimate of drug-likeness (QED) is 0.668. The minimum Gasteiger partial charge on any atom is -0.314 e. The molecule has 0 saturated carbocycles. The third-order valence-electron chi connectivity index (χ3n) is 1.00. The van der Waals surface area contributed by atoms with Gasteiger partial charge in [0.15, 0.2) is 0 Å². The van der Waals surface area contributed by atoms with Crippen LogP contribution >= 0.6 is 8.25 Å². The van der Waals surface area contributed by atoms with Gasteiger partial charge in [0.05, 0.1) is 0 Å². The Morgan fingerprint density at radius 1 is 0.833 bits per heavy atom. The van der Waals surface area contributed by atoms with E-state index in [4.69, 9.17) is 0 Å². The third-order valence-corrected chi connectivity index (χ3v) is 1.67. The van der Waals surface area contributed by atoms with E-state index in [1.54, 1.807) is 0 Å². The Hall–Kier alpha value is -0.630. The summed E-state index contributed by atoms with van der Waals surface area (Å²) in [5, 5.41) is 0. The summed E-state index contributed by atoms with van der Waals surface area (Å²) in [4.78, 5) is 0. The molecule has 12 heavy (non-hydrogen) atoms. The zero-order valence-electron chi connectivity index (χ0n) is 7.19. The predicted molar refractivity (Wildman–Crippen MR) is 49.5 cm³/mol. The van der Waals surface area contributed by atoms with Crippen molar-refractivity contribution >= 4 is 8.25 Å². The lowest BCUT2D eigenvalue weighted by Crippen LogP contribution is -1.66. The maximum absolute atomic E-state index is 9.92. The Labute approximate surface area is 73.3 Å². The van der Waals surface area contributed by atoms with E-state index in [0.29, 0.717) is 0 Å². The Balaban J connectivity index is 0.000000202. The molecule has 1 aromatic rings. The van der Waals surface area contributed by atoms with Crippen LogP contribution in [0.25, 0.3) is 0 Å². The maximum atomic E-state index is 9.92. The van der Waals surface area contributed by atoms with Gasteiger partial charge in [0, 0.05) is 14.2 Å². The van der Waals surface area contributed by atoms with Crippen LogP contribution in [0.1, 0.15) is 0 Å². The molecule has 1 rings (SSSR count). The van der Waals surface area contributed by atoms with Crippen molar-refractivity contribution in [3.05, 3.63) is 36.4 Å². The Morgan fingerprint density at radius 3 is 1.17 bits per heavy atom. The van der Waals surface area contributed by atoms with Crippen molar-refractivity contribution in [1.29, 1.82) is 0 Å². The zero-order valence-corrected chi connectivity index (χ0v) is 8.19. The first-order valence-corrected chi connectivity index (χ1v) is 4.65. The van der Waals surface area contributed by atoms with Crippen LogP contribution in [-0.4, -0.2) is 14.2 Å². The highest BCUT2D eigenvalue weighted by Crippen LogP contribution is 2.18. The lowest BCUT2D eigenvalue weighted by Gasteiger charge is -1.89. The van der Waals surface area contributed by atoms with E-state index >= 15 is 0 Å².